The van der Waals surface area contributed by atoms with Crippen molar-refractivity contribution in [2.24, 2.45) is 0 Å². The van der Waals surface area contributed by atoms with Gasteiger partial charge in [0.2, 0.25) is 11.8 Å². The van der Waals surface area contributed by atoms with Crippen LogP contribution in [0.1, 0.15) is 16.7 Å². The van der Waals surface area contributed by atoms with E-state index in [9.17, 15) is 9.59 Å². The predicted molar refractivity (Wildman–Crippen MR) is 125 cm³/mol. The molecule has 2 N–H and O–H groups in total. The van der Waals surface area contributed by atoms with Crippen LogP contribution in [0, 0.1) is 20.8 Å². The number of rotatable bonds is 9. The maximum absolute atomic E-state index is 12.3. The molecule has 1 heterocycles. The van der Waals surface area contributed by atoms with Crippen molar-refractivity contribution in [3.05, 3.63) is 53.1 Å². The lowest BCUT2D eigenvalue weighted by Gasteiger charge is -2.13. The van der Waals surface area contributed by atoms with Crippen LogP contribution in [0.2, 0.25) is 0 Å². The highest BCUT2D eigenvalue weighted by molar-refractivity contribution is 7.99. The van der Waals surface area contributed by atoms with Crippen LogP contribution in [0.4, 0.5) is 5.69 Å². The molecule has 0 aliphatic heterocycles. The Balaban J connectivity index is 1.55. The molecule has 0 unspecified atom stereocenters. The lowest BCUT2D eigenvalue weighted by atomic mass is 10.1. The highest BCUT2D eigenvalue weighted by Crippen LogP contribution is 2.24. The van der Waals surface area contributed by atoms with Crippen LogP contribution >= 0.6 is 11.8 Å². The molecule has 0 aliphatic rings. The number of hydrogen-bond acceptors (Lipinski definition) is 5. The van der Waals surface area contributed by atoms with Crippen molar-refractivity contribution in [1.29, 1.82) is 0 Å². The van der Waals surface area contributed by atoms with Gasteiger partial charge in [0.15, 0.2) is 5.16 Å². The fourth-order valence-electron chi connectivity index (χ4n) is 3.48. The molecular formula is C23H28N4O3S. The molecule has 1 aromatic heterocycles. The van der Waals surface area contributed by atoms with Crippen LogP contribution in [-0.4, -0.2) is 47.4 Å². The normalized spacial score (nSPS) is 11.0. The highest BCUT2D eigenvalue weighted by atomic mass is 32.2. The smallest absolute Gasteiger partial charge is 0.243 e. The Morgan fingerprint density at radius 1 is 1.10 bits per heavy atom. The number of aryl methyl sites for hydroxylation is 3. The minimum Gasteiger partial charge on any atom is -0.383 e. The number of para-hydroxylation sites is 2. The number of methoxy groups -OCH3 is 1. The number of thioether (sulfide) groups is 1. The van der Waals surface area contributed by atoms with Crippen LogP contribution in [0.3, 0.4) is 0 Å². The molecule has 0 fully saturated rings. The van der Waals surface area contributed by atoms with Crippen molar-refractivity contribution in [3.63, 3.8) is 0 Å². The number of imidazole rings is 1. The zero-order valence-electron chi connectivity index (χ0n) is 18.3. The summed E-state index contributed by atoms with van der Waals surface area (Å²) in [7, 11) is 1.66. The molecule has 0 saturated carbocycles. The van der Waals surface area contributed by atoms with E-state index in [0.717, 1.165) is 38.6 Å². The zero-order valence-corrected chi connectivity index (χ0v) is 19.1. The average Bonchev–Trinajstić information content (AvgIpc) is 3.09. The number of fused-ring (bicyclic) bond motifs is 1. The molecule has 164 valence electrons. The SMILES string of the molecule is COCCn1c(SCC(=O)NCC(=O)Nc2c(C)cc(C)cc2C)nc2ccccc21. The monoisotopic (exact) mass is 440 g/mol. The van der Waals surface area contributed by atoms with Crippen molar-refractivity contribution in [3.8, 4) is 0 Å². The maximum Gasteiger partial charge on any atom is 0.243 e. The number of nitrogens with one attached hydrogen (secondary N) is 2. The number of amides is 2. The Kier molecular flexibility index (Phi) is 7.70. The van der Waals surface area contributed by atoms with E-state index in [-0.39, 0.29) is 24.1 Å². The van der Waals surface area contributed by atoms with Gasteiger partial charge in [0, 0.05) is 19.3 Å². The largest absolute Gasteiger partial charge is 0.383 e. The molecule has 3 aromatic rings. The lowest BCUT2D eigenvalue weighted by Crippen LogP contribution is -2.34. The Morgan fingerprint density at radius 2 is 1.81 bits per heavy atom. The topological polar surface area (TPSA) is 85.2 Å². The number of anilines is 1. The summed E-state index contributed by atoms with van der Waals surface area (Å²) >= 11 is 1.35. The van der Waals surface area contributed by atoms with Gasteiger partial charge in [-0.2, -0.15) is 0 Å². The summed E-state index contributed by atoms with van der Waals surface area (Å²) in [5, 5.41) is 6.33. The van der Waals surface area contributed by atoms with Crippen LogP contribution in [0.5, 0.6) is 0 Å². The van der Waals surface area contributed by atoms with Crippen molar-refractivity contribution in [2.45, 2.75) is 32.5 Å². The van der Waals surface area contributed by atoms with E-state index >= 15 is 0 Å². The first-order valence-electron chi connectivity index (χ1n) is 10.1. The summed E-state index contributed by atoms with van der Waals surface area (Å²) in [6.45, 7) is 7.07. The van der Waals surface area contributed by atoms with Gasteiger partial charge in [-0.05, 0) is 44.0 Å². The average molecular weight is 441 g/mol. The van der Waals surface area contributed by atoms with Crippen molar-refractivity contribution in [1.82, 2.24) is 14.9 Å². The molecule has 0 atom stereocenters. The third-order valence-corrected chi connectivity index (χ3v) is 5.83. The molecule has 0 spiro atoms. The minimum atomic E-state index is -0.249. The molecule has 2 amide bonds. The van der Waals surface area contributed by atoms with E-state index in [4.69, 9.17) is 4.74 Å². The fraction of sp³-hybridized carbons (Fsp3) is 0.348. The second kappa shape index (κ2) is 10.5. The standard InChI is InChI=1S/C23H28N4O3S/c1-15-11-16(2)22(17(3)12-15)26-20(28)13-24-21(29)14-31-23-25-18-7-5-6-8-19(18)27(23)9-10-30-4/h5-8,11-12H,9-10,13-14H2,1-4H3,(H,24,29)(H,26,28). The second-order valence-electron chi connectivity index (χ2n) is 7.41. The van der Waals surface area contributed by atoms with E-state index in [2.05, 4.69) is 15.6 Å². The third-order valence-electron chi connectivity index (χ3n) is 4.86. The summed E-state index contributed by atoms with van der Waals surface area (Å²) in [6, 6.07) is 11.9. The molecule has 7 nitrogen and oxygen atoms in total. The van der Waals surface area contributed by atoms with Gasteiger partial charge in [0.1, 0.15) is 0 Å². The molecule has 0 bridgehead atoms. The van der Waals surface area contributed by atoms with E-state index in [1.54, 1.807) is 7.11 Å². The predicted octanol–water partition coefficient (Wildman–Crippen LogP) is 3.45. The molecule has 0 saturated heterocycles. The molecule has 8 heteroatoms. The Labute approximate surface area is 186 Å². The van der Waals surface area contributed by atoms with E-state index in [1.165, 1.54) is 11.8 Å². The van der Waals surface area contributed by atoms with Gasteiger partial charge in [-0.1, -0.05) is 41.6 Å². The molecule has 3 rings (SSSR count). The van der Waals surface area contributed by atoms with Crippen molar-refractivity contribution in [2.75, 3.05) is 31.3 Å². The molecule has 2 aromatic carbocycles. The van der Waals surface area contributed by atoms with Gasteiger partial charge < -0.3 is 19.9 Å². The van der Waals surface area contributed by atoms with E-state index in [1.807, 2.05) is 61.7 Å². The van der Waals surface area contributed by atoms with E-state index < -0.39 is 0 Å². The van der Waals surface area contributed by atoms with Gasteiger partial charge in [-0.3, -0.25) is 9.59 Å². The summed E-state index contributed by atoms with van der Waals surface area (Å²) in [6.07, 6.45) is 0. The summed E-state index contributed by atoms with van der Waals surface area (Å²) in [4.78, 5) is 29.3. The number of hydrogen-bond donors (Lipinski definition) is 2. The Morgan fingerprint density at radius 3 is 2.52 bits per heavy atom. The highest BCUT2D eigenvalue weighted by Gasteiger charge is 2.14. The molecule has 31 heavy (non-hydrogen) atoms. The van der Waals surface area contributed by atoms with Gasteiger partial charge in [-0.25, -0.2) is 4.98 Å². The first kappa shape index (κ1) is 22.8. The van der Waals surface area contributed by atoms with Crippen LogP contribution in [0.15, 0.2) is 41.6 Å². The number of carbonyl (C=O) groups excluding carboxylic acids is 2. The maximum atomic E-state index is 12.3. The first-order valence-corrected chi connectivity index (χ1v) is 11.1. The number of aromatic nitrogens is 2. The quantitative estimate of drug-likeness (QED) is 0.498. The van der Waals surface area contributed by atoms with Crippen molar-refractivity contribution < 1.29 is 14.3 Å². The molecular weight excluding hydrogens is 412 g/mol. The number of ether oxygens (including phenoxy) is 1. The number of carbonyl (C=O) groups is 2. The molecule has 0 aliphatic carbocycles. The summed E-state index contributed by atoms with van der Waals surface area (Å²) < 4.78 is 7.25. The third kappa shape index (κ3) is 5.86. The van der Waals surface area contributed by atoms with Crippen LogP contribution in [0.25, 0.3) is 11.0 Å². The van der Waals surface area contributed by atoms with Gasteiger partial charge in [-0.15, -0.1) is 0 Å². The second-order valence-corrected chi connectivity index (χ2v) is 8.36. The first-order chi connectivity index (χ1) is 14.9. The number of benzene rings is 2. The minimum absolute atomic E-state index is 0.0771. The molecule has 0 radical (unpaired) electrons. The number of nitrogens with zero attached hydrogens (tertiary/aromatic N) is 2. The Hall–Kier alpha value is -2.84. The van der Waals surface area contributed by atoms with Crippen LogP contribution in [-0.2, 0) is 20.9 Å². The zero-order chi connectivity index (χ0) is 22.4. The van der Waals surface area contributed by atoms with E-state index in [0.29, 0.717) is 13.2 Å². The van der Waals surface area contributed by atoms with Gasteiger partial charge in [0.05, 0.1) is 29.9 Å². The summed E-state index contributed by atoms with van der Waals surface area (Å²) in [5.41, 5.74) is 5.83. The Bertz CT molecular complexity index is 1070. The summed E-state index contributed by atoms with van der Waals surface area (Å²) in [5.74, 6) is -0.296. The van der Waals surface area contributed by atoms with Gasteiger partial charge >= 0.3 is 0 Å². The van der Waals surface area contributed by atoms with Gasteiger partial charge in [0.25, 0.3) is 0 Å². The van der Waals surface area contributed by atoms with Crippen molar-refractivity contribution >= 4 is 40.3 Å². The lowest BCUT2D eigenvalue weighted by molar-refractivity contribution is -0.122. The van der Waals surface area contributed by atoms with Crippen LogP contribution < -0.4 is 10.6 Å². The fourth-order valence-corrected chi connectivity index (χ4v) is 4.35.